The third kappa shape index (κ3) is 5.70. The predicted octanol–water partition coefficient (Wildman–Crippen LogP) is 4.70. The molecule has 1 N–H and O–H groups in total. The first-order chi connectivity index (χ1) is 14.8. The van der Waals surface area contributed by atoms with Crippen molar-refractivity contribution in [2.24, 2.45) is 5.92 Å². The minimum absolute atomic E-state index is 0.225. The summed E-state index contributed by atoms with van der Waals surface area (Å²) in [5.74, 6) is 0.279. The number of esters is 1. The van der Waals surface area contributed by atoms with Gasteiger partial charge in [0.05, 0.1) is 18.1 Å². The van der Waals surface area contributed by atoms with Crippen LogP contribution < -0.4 is 10.1 Å². The number of hydrogen-bond donors (Lipinski definition) is 1. The fourth-order valence-corrected chi connectivity index (χ4v) is 3.22. The number of halogens is 1. The van der Waals surface area contributed by atoms with Crippen LogP contribution in [0.15, 0.2) is 42.5 Å². The molecule has 3 rings (SSSR count). The molecule has 1 amide bonds. The molecule has 0 saturated carbocycles. The monoisotopic (exact) mass is 441 g/mol. The van der Waals surface area contributed by atoms with Crippen LogP contribution in [-0.2, 0) is 9.53 Å². The van der Waals surface area contributed by atoms with Gasteiger partial charge in [0.2, 0.25) is 5.88 Å². The van der Waals surface area contributed by atoms with Crippen LogP contribution in [0.4, 0.5) is 0 Å². The summed E-state index contributed by atoms with van der Waals surface area (Å²) in [6.07, 6.45) is 0.491. The Balaban J connectivity index is 1.73. The Bertz CT molecular complexity index is 1100. The van der Waals surface area contributed by atoms with E-state index in [0.29, 0.717) is 45.4 Å². The van der Waals surface area contributed by atoms with Crippen LogP contribution in [0.5, 0.6) is 11.6 Å². The summed E-state index contributed by atoms with van der Waals surface area (Å²) in [6.45, 7) is 5.74. The van der Waals surface area contributed by atoms with Crippen molar-refractivity contribution in [3.05, 3.63) is 58.7 Å². The summed E-state index contributed by atoms with van der Waals surface area (Å²) < 4.78 is 10.6. The van der Waals surface area contributed by atoms with Crippen molar-refractivity contribution in [1.82, 2.24) is 15.3 Å². The number of aromatic nitrogens is 2. The van der Waals surface area contributed by atoms with Crippen LogP contribution in [0.1, 0.15) is 36.3 Å². The number of nitrogens with one attached hydrogen (secondary N) is 1. The number of rotatable bonds is 7. The Kier molecular flexibility index (Phi) is 7.07. The molecule has 0 aliphatic heterocycles. The Labute approximate surface area is 185 Å². The van der Waals surface area contributed by atoms with Crippen molar-refractivity contribution in [3.8, 4) is 11.6 Å². The highest BCUT2D eigenvalue weighted by Crippen LogP contribution is 2.26. The van der Waals surface area contributed by atoms with Crippen molar-refractivity contribution in [2.75, 3.05) is 7.11 Å². The normalized spacial score (nSPS) is 11.9. The topological polar surface area (TPSA) is 90.4 Å². The van der Waals surface area contributed by atoms with Gasteiger partial charge in [-0.1, -0.05) is 25.4 Å². The van der Waals surface area contributed by atoms with E-state index in [0.717, 1.165) is 0 Å². The number of methoxy groups -OCH3 is 1. The van der Waals surface area contributed by atoms with E-state index in [9.17, 15) is 9.59 Å². The molecule has 7 nitrogen and oxygen atoms in total. The van der Waals surface area contributed by atoms with Crippen molar-refractivity contribution in [3.63, 3.8) is 0 Å². The minimum Gasteiger partial charge on any atom is -0.467 e. The second kappa shape index (κ2) is 9.75. The van der Waals surface area contributed by atoms with E-state index >= 15 is 0 Å². The van der Waals surface area contributed by atoms with Crippen LogP contribution in [0.2, 0.25) is 5.02 Å². The molecule has 0 fully saturated rings. The molecular formula is C23H24ClN3O4. The number of hydrogen-bond acceptors (Lipinski definition) is 6. The van der Waals surface area contributed by atoms with E-state index in [1.165, 1.54) is 7.11 Å². The van der Waals surface area contributed by atoms with Gasteiger partial charge < -0.3 is 14.8 Å². The Morgan fingerprint density at radius 1 is 1.06 bits per heavy atom. The first kappa shape index (κ1) is 22.5. The first-order valence-corrected chi connectivity index (χ1v) is 10.2. The molecule has 0 bridgehead atoms. The average molecular weight is 442 g/mol. The quantitative estimate of drug-likeness (QED) is 0.534. The summed E-state index contributed by atoms with van der Waals surface area (Å²) in [6, 6.07) is 11.1. The van der Waals surface area contributed by atoms with Gasteiger partial charge in [0.25, 0.3) is 5.91 Å². The molecule has 1 atom stereocenters. The zero-order valence-corrected chi connectivity index (χ0v) is 18.6. The number of carbonyl (C=O) groups excluding carboxylic acids is 2. The minimum atomic E-state index is -0.697. The van der Waals surface area contributed by atoms with Crippen LogP contribution >= 0.6 is 11.6 Å². The standard InChI is InChI=1S/C23H24ClN3O4/c1-13(2)11-20(23(29)30-4)26-21(28)15-5-8-17(9-6-15)31-22-14(3)25-19-12-16(24)7-10-18(19)27-22/h5-10,12-13,20H,11H2,1-4H3,(H,26,28)/t20-/m0/s1. The highest BCUT2D eigenvalue weighted by molar-refractivity contribution is 6.31. The fraction of sp³-hybridized carbons (Fsp3) is 0.304. The molecule has 0 saturated heterocycles. The number of aryl methyl sites for hydroxylation is 1. The van der Waals surface area contributed by atoms with Crippen molar-refractivity contribution in [2.45, 2.75) is 33.2 Å². The van der Waals surface area contributed by atoms with Gasteiger partial charge in [-0.3, -0.25) is 4.79 Å². The Hall–Kier alpha value is -3.19. The summed E-state index contributed by atoms with van der Waals surface area (Å²) in [5, 5.41) is 3.32. The number of ether oxygens (including phenoxy) is 2. The number of carbonyl (C=O) groups is 2. The molecule has 0 unspecified atom stereocenters. The van der Waals surface area contributed by atoms with Gasteiger partial charge in [0, 0.05) is 10.6 Å². The van der Waals surface area contributed by atoms with Crippen LogP contribution in [-0.4, -0.2) is 35.0 Å². The van der Waals surface area contributed by atoms with Crippen molar-refractivity contribution in [1.29, 1.82) is 0 Å². The molecule has 0 aliphatic rings. The molecule has 2 aromatic carbocycles. The lowest BCUT2D eigenvalue weighted by molar-refractivity contribution is -0.143. The maximum atomic E-state index is 12.6. The van der Waals surface area contributed by atoms with Gasteiger partial charge in [-0.25, -0.2) is 14.8 Å². The van der Waals surface area contributed by atoms with E-state index in [1.807, 2.05) is 13.8 Å². The largest absolute Gasteiger partial charge is 0.467 e. The lowest BCUT2D eigenvalue weighted by Gasteiger charge is -2.18. The van der Waals surface area contributed by atoms with Crippen molar-refractivity contribution < 1.29 is 19.1 Å². The van der Waals surface area contributed by atoms with E-state index in [1.54, 1.807) is 49.4 Å². The van der Waals surface area contributed by atoms with E-state index in [-0.39, 0.29) is 11.8 Å². The molecular weight excluding hydrogens is 418 g/mol. The van der Waals surface area contributed by atoms with E-state index < -0.39 is 12.0 Å². The molecule has 0 spiro atoms. The summed E-state index contributed by atoms with van der Waals surface area (Å²) in [4.78, 5) is 33.5. The lowest BCUT2D eigenvalue weighted by Crippen LogP contribution is -2.42. The third-order valence-electron chi connectivity index (χ3n) is 4.59. The molecule has 1 heterocycles. The summed E-state index contributed by atoms with van der Waals surface area (Å²) >= 11 is 6.01. The van der Waals surface area contributed by atoms with Gasteiger partial charge in [0.15, 0.2) is 0 Å². The van der Waals surface area contributed by atoms with Crippen LogP contribution in [0.3, 0.4) is 0 Å². The van der Waals surface area contributed by atoms with Gasteiger partial charge in [-0.05, 0) is 61.7 Å². The average Bonchev–Trinajstić information content (AvgIpc) is 2.73. The highest BCUT2D eigenvalue weighted by atomic mass is 35.5. The van der Waals surface area contributed by atoms with Crippen LogP contribution in [0, 0.1) is 12.8 Å². The van der Waals surface area contributed by atoms with E-state index in [4.69, 9.17) is 21.1 Å². The smallest absolute Gasteiger partial charge is 0.328 e. The van der Waals surface area contributed by atoms with Crippen LogP contribution in [0.25, 0.3) is 11.0 Å². The van der Waals surface area contributed by atoms with Crippen molar-refractivity contribution >= 4 is 34.5 Å². The number of nitrogens with zero attached hydrogens (tertiary/aromatic N) is 2. The number of fused-ring (bicyclic) bond motifs is 1. The lowest BCUT2D eigenvalue weighted by atomic mass is 10.0. The third-order valence-corrected chi connectivity index (χ3v) is 4.82. The number of amides is 1. The fourth-order valence-electron chi connectivity index (χ4n) is 3.05. The zero-order chi connectivity index (χ0) is 22.5. The summed E-state index contributed by atoms with van der Waals surface area (Å²) in [7, 11) is 1.31. The highest BCUT2D eigenvalue weighted by Gasteiger charge is 2.23. The Morgan fingerprint density at radius 3 is 2.42 bits per heavy atom. The van der Waals surface area contributed by atoms with Gasteiger partial charge in [0.1, 0.15) is 17.5 Å². The number of benzene rings is 2. The maximum absolute atomic E-state index is 12.6. The molecule has 31 heavy (non-hydrogen) atoms. The van der Waals surface area contributed by atoms with Gasteiger partial charge in [-0.15, -0.1) is 0 Å². The molecule has 8 heteroatoms. The SMILES string of the molecule is COC(=O)[C@H](CC(C)C)NC(=O)c1ccc(Oc2nc3ccc(Cl)cc3nc2C)cc1. The predicted molar refractivity (Wildman–Crippen MR) is 119 cm³/mol. The van der Waals surface area contributed by atoms with Gasteiger partial charge in [-0.2, -0.15) is 0 Å². The van der Waals surface area contributed by atoms with E-state index in [2.05, 4.69) is 15.3 Å². The molecule has 162 valence electrons. The molecule has 1 aromatic heterocycles. The second-order valence-electron chi connectivity index (χ2n) is 7.55. The first-order valence-electron chi connectivity index (χ1n) is 9.87. The maximum Gasteiger partial charge on any atom is 0.328 e. The molecule has 0 aliphatic carbocycles. The molecule has 0 radical (unpaired) electrons. The molecule has 3 aromatic rings. The second-order valence-corrected chi connectivity index (χ2v) is 7.99. The summed E-state index contributed by atoms with van der Waals surface area (Å²) in [5.41, 5.74) is 2.37. The Morgan fingerprint density at radius 2 is 1.77 bits per heavy atom. The zero-order valence-electron chi connectivity index (χ0n) is 17.8. The van der Waals surface area contributed by atoms with Gasteiger partial charge >= 0.3 is 5.97 Å².